The Bertz CT molecular complexity index is 281. The van der Waals surface area contributed by atoms with Crippen LogP contribution in [0.1, 0.15) is 48.0 Å². The lowest BCUT2D eigenvalue weighted by atomic mass is 9.92. The number of nitrogens with zero attached hydrogens (tertiary/aromatic N) is 1. The molecule has 2 atom stereocenters. The van der Waals surface area contributed by atoms with E-state index in [1.807, 2.05) is 18.7 Å². The summed E-state index contributed by atoms with van der Waals surface area (Å²) in [6.07, 6.45) is 1.18. The van der Waals surface area contributed by atoms with Gasteiger partial charge in [-0.25, -0.2) is 0 Å². The summed E-state index contributed by atoms with van der Waals surface area (Å²) in [5.41, 5.74) is 0.299. The molecule has 2 unspecified atom stereocenters. The third kappa shape index (κ3) is 4.97. The smallest absolute Gasteiger partial charge is 0.225 e. The monoisotopic (exact) mass is 254 g/mol. The van der Waals surface area contributed by atoms with Gasteiger partial charge >= 0.3 is 0 Å². The molecular weight excluding hydrogens is 224 g/mol. The number of carbonyl (C=O) groups is 1. The van der Waals surface area contributed by atoms with Crippen molar-refractivity contribution in [2.45, 2.75) is 54.0 Å². The van der Waals surface area contributed by atoms with Gasteiger partial charge < -0.3 is 10.2 Å². The fourth-order valence-electron chi connectivity index (χ4n) is 2.50. The first-order valence-electron chi connectivity index (χ1n) is 7.21. The van der Waals surface area contributed by atoms with Crippen LogP contribution in [0.5, 0.6) is 0 Å². The predicted octanol–water partition coefficient (Wildman–Crippen LogP) is 2.52. The zero-order valence-corrected chi connectivity index (χ0v) is 12.9. The fourth-order valence-corrected chi connectivity index (χ4v) is 2.50. The van der Waals surface area contributed by atoms with E-state index in [9.17, 15) is 4.79 Å². The molecule has 1 amide bonds. The summed E-state index contributed by atoms with van der Waals surface area (Å²) in [6, 6.07) is 0.454. The van der Waals surface area contributed by atoms with E-state index >= 15 is 0 Å². The molecule has 0 aromatic heterocycles. The van der Waals surface area contributed by atoms with Gasteiger partial charge in [0.25, 0.3) is 0 Å². The van der Waals surface area contributed by atoms with Crippen LogP contribution in [0.3, 0.4) is 0 Å². The average Bonchev–Trinajstić information content (AvgIpc) is 2.23. The van der Waals surface area contributed by atoms with Crippen molar-refractivity contribution in [1.29, 1.82) is 0 Å². The third-order valence-electron chi connectivity index (χ3n) is 3.39. The number of carbonyl (C=O) groups excluding carboxylic acids is 1. The molecule has 1 fully saturated rings. The van der Waals surface area contributed by atoms with Crippen molar-refractivity contribution in [3.63, 3.8) is 0 Å². The summed E-state index contributed by atoms with van der Waals surface area (Å²) in [5.74, 6) is 1.00. The van der Waals surface area contributed by atoms with Crippen molar-refractivity contribution in [2.75, 3.05) is 19.6 Å². The van der Waals surface area contributed by atoms with Crippen LogP contribution < -0.4 is 5.32 Å². The minimum atomic E-state index is 0.110. The van der Waals surface area contributed by atoms with Crippen molar-refractivity contribution >= 4 is 5.91 Å². The Hall–Kier alpha value is -0.570. The van der Waals surface area contributed by atoms with Gasteiger partial charge in [0.15, 0.2) is 0 Å². The zero-order valence-electron chi connectivity index (χ0n) is 12.9. The van der Waals surface area contributed by atoms with Gasteiger partial charge in [-0.05, 0) is 17.8 Å². The zero-order chi connectivity index (χ0) is 13.9. The lowest BCUT2D eigenvalue weighted by Crippen LogP contribution is -2.52. The molecule has 1 aliphatic rings. The summed E-state index contributed by atoms with van der Waals surface area (Å²) in [6.45, 7) is 15.7. The van der Waals surface area contributed by atoms with Crippen LogP contribution in [0.2, 0.25) is 0 Å². The maximum Gasteiger partial charge on any atom is 0.225 e. The van der Waals surface area contributed by atoms with E-state index in [1.54, 1.807) is 0 Å². The quantitative estimate of drug-likeness (QED) is 0.839. The van der Waals surface area contributed by atoms with Gasteiger partial charge in [-0.15, -0.1) is 0 Å². The Balaban J connectivity index is 2.53. The second-order valence-corrected chi connectivity index (χ2v) is 7.38. The molecule has 0 bridgehead atoms. The van der Waals surface area contributed by atoms with Crippen LogP contribution in [-0.4, -0.2) is 36.5 Å². The first-order chi connectivity index (χ1) is 8.19. The second-order valence-electron chi connectivity index (χ2n) is 7.38. The Kier molecular flexibility index (Phi) is 5.20. The number of hydrogen-bond donors (Lipinski definition) is 1. The molecule has 1 rings (SSSR count). The van der Waals surface area contributed by atoms with Gasteiger partial charge in [-0.3, -0.25) is 4.79 Å². The minimum Gasteiger partial charge on any atom is -0.341 e. The highest BCUT2D eigenvalue weighted by molar-refractivity contribution is 5.78. The molecule has 0 radical (unpaired) electrons. The highest BCUT2D eigenvalue weighted by Crippen LogP contribution is 2.19. The molecule has 106 valence electrons. The van der Waals surface area contributed by atoms with Crippen LogP contribution in [0.4, 0.5) is 0 Å². The highest BCUT2D eigenvalue weighted by atomic mass is 16.2. The van der Waals surface area contributed by atoms with Gasteiger partial charge in [0, 0.05) is 31.6 Å². The van der Waals surface area contributed by atoms with Gasteiger partial charge in [-0.1, -0.05) is 41.5 Å². The highest BCUT2D eigenvalue weighted by Gasteiger charge is 2.29. The summed E-state index contributed by atoms with van der Waals surface area (Å²) >= 11 is 0. The normalized spacial score (nSPS) is 25.6. The van der Waals surface area contributed by atoms with Crippen LogP contribution >= 0.6 is 0 Å². The molecule has 3 nitrogen and oxygen atoms in total. The lowest BCUT2D eigenvalue weighted by molar-refractivity contribution is -0.136. The van der Waals surface area contributed by atoms with E-state index in [1.165, 1.54) is 6.42 Å². The van der Waals surface area contributed by atoms with Crippen LogP contribution in [0.25, 0.3) is 0 Å². The number of rotatable bonds is 3. The maximum atomic E-state index is 12.1. The second kappa shape index (κ2) is 6.05. The molecule has 0 spiro atoms. The summed E-state index contributed by atoms with van der Waals surface area (Å²) in [4.78, 5) is 14.1. The van der Waals surface area contributed by atoms with E-state index in [2.05, 4.69) is 33.0 Å². The SMILES string of the molecule is CC1CC(NCC(C)(C)C)CN(C(=O)C(C)C)C1. The van der Waals surface area contributed by atoms with Crippen molar-refractivity contribution in [2.24, 2.45) is 17.3 Å². The molecule has 1 aliphatic heterocycles. The first kappa shape index (κ1) is 15.5. The van der Waals surface area contributed by atoms with Gasteiger partial charge in [0.2, 0.25) is 5.91 Å². The largest absolute Gasteiger partial charge is 0.341 e. The Morgan fingerprint density at radius 2 is 1.94 bits per heavy atom. The predicted molar refractivity (Wildman–Crippen MR) is 76.4 cm³/mol. The summed E-state index contributed by atoms with van der Waals surface area (Å²) < 4.78 is 0. The Morgan fingerprint density at radius 1 is 1.33 bits per heavy atom. The standard InChI is InChI=1S/C15H30N2O/c1-11(2)14(18)17-8-12(3)7-13(9-17)16-10-15(4,5)6/h11-13,16H,7-10H2,1-6H3. The van der Waals surface area contributed by atoms with Gasteiger partial charge in [-0.2, -0.15) is 0 Å². The van der Waals surface area contributed by atoms with Crippen molar-refractivity contribution in [3.05, 3.63) is 0 Å². The van der Waals surface area contributed by atoms with Crippen LogP contribution in [0, 0.1) is 17.3 Å². The van der Waals surface area contributed by atoms with E-state index in [0.29, 0.717) is 23.3 Å². The number of amides is 1. The minimum absolute atomic E-state index is 0.110. The van der Waals surface area contributed by atoms with Crippen LogP contribution in [0.15, 0.2) is 0 Å². The van der Waals surface area contributed by atoms with E-state index in [-0.39, 0.29) is 5.92 Å². The molecule has 18 heavy (non-hydrogen) atoms. The van der Waals surface area contributed by atoms with Crippen LogP contribution in [-0.2, 0) is 4.79 Å². The Morgan fingerprint density at radius 3 is 2.44 bits per heavy atom. The Labute approximate surface area is 112 Å². The molecule has 0 aromatic rings. The van der Waals surface area contributed by atoms with Crippen molar-refractivity contribution in [3.8, 4) is 0 Å². The van der Waals surface area contributed by atoms with Gasteiger partial charge in [0.05, 0.1) is 0 Å². The maximum absolute atomic E-state index is 12.1. The third-order valence-corrected chi connectivity index (χ3v) is 3.39. The number of likely N-dealkylation sites (tertiary alicyclic amines) is 1. The average molecular weight is 254 g/mol. The molecule has 3 heteroatoms. The number of nitrogens with one attached hydrogen (secondary N) is 1. The van der Waals surface area contributed by atoms with Gasteiger partial charge in [0.1, 0.15) is 0 Å². The van der Waals surface area contributed by atoms with E-state index < -0.39 is 0 Å². The molecular formula is C15H30N2O. The fraction of sp³-hybridized carbons (Fsp3) is 0.933. The summed E-state index contributed by atoms with van der Waals surface area (Å²) in [7, 11) is 0. The lowest BCUT2D eigenvalue weighted by Gasteiger charge is -2.38. The topological polar surface area (TPSA) is 32.3 Å². The van der Waals surface area contributed by atoms with E-state index in [4.69, 9.17) is 0 Å². The molecule has 1 heterocycles. The molecule has 1 N–H and O–H groups in total. The van der Waals surface area contributed by atoms with E-state index in [0.717, 1.165) is 19.6 Å². The summed E-state index contributed by atoms with van der Waals surface area (Å²) in [5, 5.41) is 3.62. The molecule has 0 aromatic carbocycles. The first-order valence-corrected chi connectivity index (χ1v) is 7.21. The van der Waals surface area contributed by atoms with Crippen molar-refractivity contribution in [1.82, 2.24) is 10.2 Å². The molecule has 0 saturated carbocycles. The number of hydrogen-bond acceptors (Lipinski definition) is 2. The van der Waals surface area contributed by atoms with Crippen molar-refractivity contribution < 1.29 is 4.79 Å². The molecule has 0 aliphatic carbocycles. The molecule has 1 saturated heterocycles. The number of piperidine rings is 1.